The molecule has 0 unspecified atom stereocenters. The van der Waals surface area contributed by atoms with Gasteiger partial charge in [0.05, 0.1) is 17.1 Å². The van der Waals surface area contributed by atoms with Crippen LogP contribution < -0.4 is 5.32 Å². The minimum Gasteiger partial charge on any atom is -0.465 e. The molecule has 0 saturated carbocycles. The fraction of sp³-hybridized carbons (Fsp3) is 0.176. The van der Waals surface area contributed by atoms with E-state index in [0.717, 1.165) is 0 Å². The summed E-state index contributed by atoms with van der Waals surface area (Å²) in [7, 11) is 0. The molecule has 0 spiro atoms. The van der Waals surface area contributed by atoms with Gasteiger partial charge >= 0.3 is 5.97 Å². The van der Waals surface area contributed by atoms with Gasteiger partial charge in [-0.1, -0.05) is 30.3 Å². The van der Waals surface area contributed by atoms with Crippen molar-refractivity contribution in [2.24, 2.45) is 0 Å². The Morgan fingerprint density at radius 3 is 2.50 bits per heavy atom. The average molecular weight is 328 g/mol. The molecule has 0 heterocycles. The summed E-state index contributed by atoms with van der Waals surface area (Å²) in [5, 5.41) is 13.8. The van der Waals surface area contributed by atoms with Crippen LogP contribution in [0, 0.1) is 10.1 Å². The zero-order valence-corrected chi connectivity index (χ0v) is 13.0. The molecule has 0 aliphatic carbocycles. The Kier molecular flexibility index (Phi) is 5.62. The van der Waals surface area contributed by atoms with Gasteiger partial charge in [0.15, 0.2) is 5.78 Å². The van der Waals surface area contributed by atoms with Gasteiger partial charge in [0.25, 0.3) is 5.69 Å². The third kappa shape index (κ3) is 4.16. The fourth-order valence-electron chi connectivity index (χ4n) is 2.11. The number of nitro groups is 1. The number of non-ortho nitro benzene ring substituents is 1. The van der Waals surface area contributed by atoms with Crippen LogP contribution >= 0.6 is 0 Å². The molecule has 24 heavy (non-hydrogen) atoms. The maximum Gasteiger partial charge on any atom is 0.325 e. The molecule has 0 amide bonds. The minimum absolute atomic E-state index is 0.125. The van der Waals surface area contributed by atoms with Crippen molar-refractivity contribution in [3.63, 3.8) is 0 Å². The lowest BCUT2D eigenvalue weighted by atomic mass is 10.0. The number of esters is 1. The number of ether oxygens (including phenoxy) is 1. The molecule has 0 atom stereocenters. The lowest BCUT2D eigenvalue weighted by molar-refractivity contribution is -0.384. The first-order valence-corrected chi connectivity index (χ1v) is 7.30. The minimum atomic E-state index is -0.573. The molecule has 0 aliphatic heterocycles. The maximum atomic E-state index is 12.6. The zero-order chi connectivity index (χ0) is 17.5. The third-order valence-electron chi connectivity index (χ3n) is 3.22. The van der Waals surface area contributed by atoms with Gasteiger partial charge in [-0.3, -0.25) is 19.7 Å². The van der Waals surface area contributed by atoms with Gasteiger partial charge in [-0.15, -0.1) is 0 Å². The first kappa shape index (κ1) is 17.1. The van der Waals surface area contributed by atoms with E-state index in [0.29, 0.717) is 11.3 Å². The molecule has 2 aromatic rings. The number of nitrogens with one attached hydrogen (secondary N) is 1. The summed E-state index contributed by atoms with van der Waals surface area (Å²) in [6.07, 6.45) is 0. The molecule has 7 nitrogen and oxygen atoms in total. The van der Waals surface area contributed by atoms with Crippen LogP contribution in [0.15, 0.2) is 48.5 Å². The van der Waals surface area contributed by atoms with E-state index in [-0.39, 0.29) is 30.2 Å². The van der Waals surface area contributed by atoms with Gasteiger partial charge in [-0.05, 0) is 13.0 Å². The predicted molar refractivity (Wildman–Crippen MR) is 88.1 cm³/mol. The van der Waals surface area contributed by atoms with Crippen LogP contribution in [-0.2, 0) is 9.53 Å². The third-order valence-corrected chi connectivity index (χ3v) is 3.22. The Morgan fingerprint density at radius 1 is 1.17 bits per heavy atom. The molecule has 1 N–H and O–H groups in total. The first-order valence-electron chi connectivity index (χ1n) is 7.30. The Morgan fingerprint density at radius 2 is 1.88 bits per heavy atom. The number of benzene rings is 2. The normalized spacial score (nSPS) is 10.0. The quantitative estimate of drug-likeness (QED) is 0.363. The Balaban J connectivity index is 2.34. The molecule has 124 valence electrons. The van der Waals surface area contributed by atoms with Gasteiger partial charge in [0, 0.05) is 23.4 Å². The smallest absolute Gasteiger partial charge is 0.325 e. The predicted octanol–water partition coefficient (Wildman–Crippen LogP) is 2.80. The van der Waals surface area contributed by atoms with Crippen LogP contribution in [-0.4, -0.2) is 29.8 Å². The molecule has 0 aliphatic rings. The molecule has 0 bridgehead atoms. The number of hydrogen-bond donors (Lipinski definition) is 1. The number of hydrogen-bond acceptors (Lipinski definition) is 6. The second kappa shape index (κ2) is 7.87. The van der Waals surface area contributed by atoms with Gasteiger partial charge in [-0.25, -0.2) is 0 Å². The van der Waals surface area contributed by atoms with Gasteiger partial charge in [-0.2, -0.15) is 0 Å². The Hall–Kier alpha value is -3.22. The SMILES string of the molecule is CCOC(=O)CNc1ccc([N+](=O)[O-])cc1C(=O)c1ccccc1. The van der Waals surface area contributed by atoms with E-state index in [1.54, 1.807) is 37.3 Å². The monoisotopic (exact) mass is 328 g/mol. The highest BCUT2D eigenvalue weighted by Crippen LogP contribution is 2.24. The molecule has 2 aromatic carbocycles. The summed E-state index contributed by atoms with van der Waals surface area (Å²) in [4.78, 5) is 34.5. The molecule has 0 radical (unpaired) electrons. The second-order valence-electron chi connectivity index (χ2n) is 4.84. The second-order valence-corrected chi connectivity index (χ2v) is 4.84. The van der Waals surface area contributed by atoms with E-state index in [2.05, 4.69) is 5.32 Å². The summed E-state index contributed by atoms with van der Waals surface area (Å²) in [6.45, 7) is 1.80. The highest BCUT2D eigenvalue weighted by molar-refractivity contribution is 6.12. The van der Waals surface area contributed by atoms with E-state index in [1.807, 2.05) is 0 Å². The van der Waals surface area contributed by atoms with Gasteiger partial charge in [0.2, 0.25) is 0 Å². The molecular formula is C17H16N2O5. The van der Waals surface area contributed by atoms with Crippen LogP contribution in [0.2, 0.25) is 0 Å². The van der Waals surface area contributed by atoms with Crippen LogP contribution in [0.4, 0.5) is 11.4 Å². The molecule has 0 aromatic heterocycles. The van der Waals surface area contributed by atoms with Gasteiger partial charge in [0.1, 0.15) is 6.54 Å². The van der Waals surface area contributed by atoms with Crippen molar-refractivity contribution in [1.82, 2.24) is 0 Å². The van der Waals surface area contributed by atoms with Crippen molar-refractivity contribution >= 4 is 23.1 Å². The van der Waals surface area contributed by atoms with Gasteiger partial charge < -0.3 is 10.1 Å². The lowest BCUT2D eigenvalue weighted by Crippen LogP contribution is -2.18. The molecular weight excluding hydrogens is 312 g/mol. The van der Waals surface area contributed by atoms with Crippen molar-refractivity contribution in [3.05, 3.63) is 69.8 Å². The molecule has 2 rings (SSSR count). The largest absolute Gasteiger partial charge is 0.465 e. The zero-order valence-electron chi connectivity index (χ0n) is 13.0. The number of nitrogens with zero attached hydrogens (tertiary/aromatic N) is 1. The number of carbonyl (C=O) groups is 2. The van der Waals surface area contributed by atoms with E-state index in [9.17, 15) is 19.7 Å². The number of ketones is 1. The number of rotatable bonds is 7. The highest BCUT2D eigenvalue weighted by atomic mass is 16.6. The van der Waals surface area contributed by atoms with E-state index in [1.165, 1.54) is 18.2 Å². The maximum absolute atomic E-state index is 12.6. The fourth-order valence-corrected chi connectivity index (χ4v) is 2.11. The van der Waals surface area contributed by atoms with E-state index >= 15 is 0 Å². The standard InChI is InChI=1S/C17H16N2O5/c1-2-24-16(20)11-18-15-9-8-13(19(22)23)10-14(15)17(21)12-6-4-3-5-7-12/h3-10,18H,2,11H2,1H3. The van der Waals surface area contributed by atoms with Crippen LogP contribution in [0.3, 0.4) is 0 Å². The molecule has 0 saturated heterocycles. The summed E-state index contributed by atoms with van der Waals surface area (Å²) in [5.74, 6) is -0.848. The van der Waals surface area contributed by atoms with Crippen LogP contribution in [0.5, 0.6) is 0 Å². The summed E-state index contributed by atoms with van der Waals surface area (Å²) >= 11 is 0. The Bertz CT molecular complexity index is 759. The summed E-state index contributed by atoms with van der Waals surface area (Å²) < 4.78 is 4.82. The van der Waals surface area contributed by atoms with Crippen molar-refractivity contribution < 1.29 is 19.2 Å². The molecule has 0 fully saturated rings. The lowest BCUT2D eigenvalue weighted by Gasteiger charge is -2.11. The van der Waals surface area contributed by atoms with Crippen LogP contribution in [0.1, 0.15) is 22.8 Å². The van der Waals surface area contributed by atoms with E-state index in [4.69, 9.17) is 4.74 Å². The number of carbonyl (C=O) groups excluding carboxylic acids is 2. The van der Waals surface area contributed by atoms with Crippen molar-refractivity contribution in [3.8, 4) is 0 Å². The van der Waals surface area contributed by atoms with Crippen molar-refractivity contribution in [2.45, 2.75) is 6.92 Å². The summed E-state index contributed by atoms with van der Waals surface area (Å²) in [6, 6.07) is 12.3. The van der Waals surface area contributed by atoms with Crippen molar-refractivity contribution in [2.75, 3.05) is 18.5 Å². The summed E-state index contributed by atoms with van der Waals surface area (Å²) in [5.41, 5.74) is 0.662. The molecule has 7 heteroatoms. The van der Waals surface area contributed by atoms with E-state index < -0.39 is 10.9 Å². The Labute approximate surface area is 138 Å². The topological polar surface area (TPSA) is 98.5 Å². The highest BCUT2D eigenvalue weighted by Gasteiger charge is 2.18. The average Bonchev–Trinajstić information content (AvgIpc) is 2.60. The van der Waals surface area contributed by atoms with Crippen molar-refractivity contribution in [1.29, 1.82) is 0 Å². The number of anilines is 1. The van der Waals surface area contributed by atoms with Crippen LogP contribution in [0.25, 0.3) is 0 Å². The first-order chi connectivity index (χ1) is 11.5. The number of nitro benzene ring substituents is 1.